The third-order valence-corrected chi connectivity index (χ3v) is 3.51. The summed E-state index contributed by atoms with van der Waals surface area (Å²) in [6, 6.07) is 7.58. The topological polar surface area (TPSA) is 85.4 Å². The maximum atomic E-state index is 12.1. The number of benzene rings is 1. The molecule has 0 fully saturated rings. The number of carbonyl (C=O) groups excluding carboxylic acids is 1. The Hall–Kier alpha value is -2.34. The van der Waals surface area contributed by atoms with E-state index < -0.39 is 4.92 Å². The van der Waals surface area contributed by atoms with E-state index in [0.717, 1.165) is 5.76 Å². The highest BCUT2D eigenvalue weighted by Gasteiger charge is 2.17. The lowest BCUT2D eigenvalue weighted by Crippen LogP contribution is -2.32. The summed E-state index contributed by atoms with van der Waals surface area (Å²) in [6.45, 7) is 1.87. The van der Waals surface area contributed by atoms with E-state index in [1.54, 1.807) is 6.26 Å². The predicted molar refractivity (Wildman–Crippen MR) is 82.1 cm³/mol. The molecule has 1 heterocycles. The second-order valence-corrected chi connectivity index (χ2v) is 5.32. The van der Waals surface area contributed by atoms with Crippen molar-refractivity contribution in [2.24, 2.45) is 0 Å². The SMILES string of the molecule is C[C@@H](CCc1ccco1)NC(=O)c1ccc(Cl)c([N+](=O)[O-])c1. The van der Waals surface area contributed by atoms with E-state index >= 15 is 0 Å². The molecule has 1 aromatic carbocycles. The van der Waals surface area contributed by atoms with Crippen molar-refractivity contribution in [1.29, 1.82) is 0 Å². The van der Waals surface area contributed by atoms with Crippen molar-refractivity contribution in [3.63, 3.8) is 0 Å². The van der Waals surface area contributed by atoms with Gasteiger partial charge in [0.1, 0.15) is 10.8 Å². The van der Waals surface area contributed by atoms with E-state index in [2.05, 4.69) is 5.32 Å². The van der Waals surface area contributed by atoms with Crippen LogP contribution < -0.4 is 5.32 Å². The maximum absolute atomic E-state index is 12.1. The third-order valence-electron chi connectivity index (χ3n) is 3.19. The first kappa shape index (κ1) is 16.0. The maximum Gasteiger partial charge on any atom is 0.288 e. The zero-order valence-corrected chi connectivity index (χ0v) is 12.7. The summed E-state index contributed by atoms with van der Waals surface area (Å²) >= 11 is 5.72. The Balaban J connectivity index is 1.96. The molecule has 2 aromatic rings. The Morgan fingerprint density at radius 3 is 2.86 bits per heavy atom. The number of nitrogens with one attached hydrogen (secondary N) is 1. The van der Waals surface area contributed by atoms with Gasteiger partial charge in [0.05, 0.1) is 11.2 Å². The molecule has 116 valence electrons. The fraction of sp³-hybridized carbons (Fsp3) is 0.267. The number of hydrogen-bond donors (Lipinski definition) is 1. The van der Waals surface area contributed by atoms with E-state index in [4.69, 9.17) is 16.0 Å². The molecule has 22 heavy (non-hydrogen) atoms. The Kier molecular flexibility index (Phi) is 5.16. The highest BCUT2D eigenvalue weighted by molar-refractivity contribution is 6.32. The largest absolute Gasteiger partial charge is 0.469 e. The lowest BCUT2D eigenvalue weighted by molar-refractivity contribution is -0.384. The minimum Gasteiger partial charge on any atom is -0.469 e. The van der Waals surface area contributed by atoms with E-state index in [-0.39, 0.29) is 28.2 Å². The molecule has 0 unspecified atom stereocenters. The van der Waals surface area contributed by atoms with Gasteiger partial charge in [0.25, 0.3) is 11.6 Å². The second kappa shape index (κ2) is 7.09. The van der Waals surface area contributed by atoms with Crippen LogP contribution in [0.15, 0.2) is 41.0 Å². The number of hydrogen-bond acceptors (Lipinski definition) is 4. The van der Waals surface area contributed by atoms with Crippen LogP contribution in [0.4, 0.5) is 5.69 Å². The average molecular weight is 323 g/mol. The third kappa shape index (κ3) is 4.08. The summed E-state index contributed by atoms with van der Waals surface area (Å²) in [7, 11) is 0. The highest BCUT2D eigenvalue weighted by Crippen LogP contribution is 2.25. The van der Waals surface area contributed by atoms with Gasteiger partial charge in [-0.1, -0.05) is 11.6 Å². The fourth-order valence-corrected chi connectivity index (χ4v) is 2.17. The van der Waals surface area contributed by atoms with Gasteiger partial charge in [-0.3, -0.25) is 14.9 Å². The lowest BCUT2D eigenvalue weighted by Gasteiger charge is -2.13. The molecular weight excluding hydrogens is 308 g/mol. The van der Waals surface area contributed by atoms with Crippen molar-refractivity contribution in [3.8, 4) is 0 Å². The second-order valence-electron chi connectivity index (χ2n) is 4.92. The summed E-state index contributed by atoms with van der Waals surface area (Å²) in [5.74, 6) is 0.481. The molecule has 1 aromatic heterocycles. The zero-order valence-electron chi connectivity index (χ0n) is 11.9. The number of halogens is 1. The number of furan rings is 1. The number of carbonyl (C=O) groups is 1. The highest BCUT2D eigenvalue weighted by atomic mass is 35.5. The van der Waals surface area contributed by atoms with Crippen LogP contribution in [0.2, 0.25) is 5.02 Å². The normalized spacial score (nSPS) is 11.9. The van der Waals surface area contributed by atoms with Crippen LogP contribution in [0.1, 0.15) is 29.5 Å². The van der Waals surface area contributed by atoms with Gasteiger partial charge in [-0.25, -0.2) is 0 Å². The molecule has 0 radical (unpaired) electrons. The number of aryl methyl sites for hydroxylation is 1. The van der Waals surface area contributed by atoms with Crippen molar-refractivity contribution in [2.45, 2.75) is 25.8 Å². The number of rotatable bonds is 6. The Bertz CT molecular complexity index is 670. The number of nitro benzene ring substituents is 1. The molecule has 0 saturated carbocycles. The van der Waals surface area contributed by atoms with E-state index in [1.807, 2.05) is 19.1 Å². The van der Waals surface area contributed by atoms with Crippen molar-refractivity contribution in [2.75, 3.05) is 0 Å². The lowest BCUT2D eigenvalue weighted by atomic mass is 10.1. The van der Waals surface area contributed by atoms with Crippen LogP contribution in [0.3, 0.4) is 0 Å². The molecule has 0 bridgehead atoms. The van der Waals surface area contributed by atoms with Gasteiger partial charge in [-0.2, -0.15) is 0 Å². The standard InChI is InChI=1S/C15H15ClN2O4/c1-10(4-6-12-3-2-8-22-12)17-15(19)11-5-7-13(16)14(9-11)18(20)21/h2-3,5,7-10H,4,6H2,1H3,(H,17,19)/t10-/m0/s1. The molecule has 0 spiro atoms. The van der Waals surface area contributed by atoms with Gasteiger partial charge in [0.15, 0.2) is 0 Å². The van der Waals surface area contributed by atoms with Crippen molar-refractivity contribution < 1.29 is 14.1 Å². The van der Waals surface area contributed by atoms with E-state index in [0.29, 0.717) is 12.8 Å². The van der Waals surface area contributed by atoms with Crippen LogP contribution in [-0.2, 0) is 6.42 Å². The van der Waals surface area contributed by atoms with Crippen molar-refractivity contribution in [1.82, 2.24) is 5.32 Å². The monoisotopic (exact) mass is 322 g/mol. The quantitative estimate of drug-likeness (QED) is 0.650. The molecular formula is C15H15ClN2O4. The Labute approximate surface area is 132 Å². The molecule has 7 heteroatoms. The van der Waals surface area contributed by atoms with Gasteiger partial charge < -0.3 is 9.73 Å². The predicted octanol–water partition coefficient (Wildman–Crippen LogP) is 3.59. The molecule has 2 rings (SSSR count). The van der Waals surface area contributed by atoms with E-state index in [9.17, 15) is 14.9 Å². The summed E-state index contributed by atoms with van der Waals surface area (Å²) in [5.41, 5.74) is -0.0708. The van der Waals surface area contributed by atoms with Gasteiger partial charge in [0.2, 0.25) is 0 Å². The molecule has 1 amide bonds. The van der Waals surface area contributed by atoms with Crippen LogP contribution >= 0.6 is 11.6 Å². The first-order chi connectivity index (χ1) is 10.5. The summed E-state index contributed by atoms with van der Waals surface area (Å²) in [5, 5.41) is 13.6. The Morgan fingerprint density at radius 1 is 1.45 bits per heavy atom. The van der Waals surface area contributed by atoms with Crippen LogP contribution in [-0.4, -0.2) is 16.9 Å². The summed E-state index contributed by atoms with van der Waals surface area (Å²) < 4.78 is 5.23. The van der Waals surface area contributed by atoms with Crippen LogP contribution in [0.5, 0.6) is 0 Å². The first-order valence-corrected chi connectivity index (χ1v) is 7.12. The molecule has 0 aliphatic carbocycles. The Morgan fingerprint density at radius 2 is 2.23 bits per heavy atom. The fourth-order valence-electron chi connectivity index (χ4n) is 1.99. The van der Waals surface area contributed by atoms with Gasteiger partial charge >= 0.3 is 0 Å². The van der Waals surface area contributed by atoms with Crippen molar-refractivity contribution >= 4 is 23.2 Å². The molecule has 1 N–H and O–H groups in total. The van der Waals surface area contributed by atoms with Gasteiger partial charge in [0, 0.05) is 24.1 Å². The van der Waals surface area contributed by atoms with Gasteiger partial charge in [-0.15, -0.1) is 0 Å². The first-order valence-electron chi connectivity index (χ1n) is 6.74. The zero-order chi connectivity index (χ0) is 16.1. The molecule has 0 saturated heterocycles. The minimum absolute atomic E-state index is 0.00687. The van der Waals surface area contributed by atoms with E-state index in [1.165, 1.54) is 18.2 Å². The minimum atomic E-state index is -0.612. The number of amides is 1. The summed E-state index contributed by atoms with van der Waals surface area (Å²) in [6.07, 6.45) is 3.01. The average Bonchev–Trinajstić information content (AvgIpc) is 2.98. The number of nitrogens with zero attached hydrogens (tertiary/aromatic N) is 1. The van der Waals surface area contributed by atoms with Crippen molar-refractivity contribution in [3.05, 3.63) is 63.1 Å². The molecule has 0 aliphatic rings. The molecule has 6 nitrogen and oxygen atoms in total. The summed E-state index contributed by atoms with van der Waals surface area (Å²) in [4.78, 5) is 22.3. The number of nitro groups is 1. The van der Waals surface area contributed by atoms with Crippen LogP contribution in [0.25, 0.3) is 0 Å². The smallest absolute Gasteiger partial charge is 0.288 e. The van der Waals surface area contributed by atoms with Gasteiger partial charge in [-0.05, 0) is 37.6 Å². The van der Waals surface area contributed by atoms with Crippen LogP contribution in [0, 0.1) is 10.1 Å². The molecule has 1 atom stereocenters. The molecule has 0 aliphatic heterocycles.